The van der Waals surface area contributed by atoms with Crippen molar-refractivity contribution in [1.82, 2.24) is 0 Å². The fourth-order valence-corrected chi connectivity index (χ4v) is 2.45. The SMILES string of the molecule is CCCOc1c(Cl)cc(Cl)cc1CCC(CN)CN. The van der Waals surface area contributed by atoms with E-state index in [0.717, 1.165) is 30.6 Å². The number of hydrogen-bond acceptors (Lipinski definition) is 3. The summed E-state index contributed by atoms with van der Waals surface area (Å²) < 4.78 is 5.72. The molecular formula is C14H22Cl2N2O. The Labute approximate surface area is 125 Å². The molecule has 0 saturated heterocycles. The van der Waals surface area contributed by atoms with Gasteiger partial charge in [-0.05, 0) is 56.0 Å². The molecular weight excluding hydrogens is 283 g/mol. The maximum absolute atomic E-state index is 6.19. The summed E-state index contributed by atoms with van der Waals surface area (Å²) in [5.41, 5.74) is 12.4. The molecule has 0 unspecified atom stereocenters. The van der Waals surface area contributed by atoms with Crippen LogP contribution in [0.1, 0.15) is 25.3 Å². The Balaban J connectivity index is 2.84. The molecule has 0 bridgehead atoms. The maximum atomic E-state index is 6.19. The van der Waals surface area contributed by atoms with Gasteiger partial charge in [-0.1, -0.05) is 30.1 Å². The van der Waals surface area contributed by atoms with Crippen LogP contribution in [-0.2, 0) is 6.42 Å². The van der Waals surface area contributed by atoms with Crippen molar-refractivity contribution in [2.45, 2.75) is 26.2 Å². The standard InChI is InChI=1S/C14H22Cl2N2O/c1-2-5-19-14-11(4-3-10(8-17)9-18)6-12(15)7-13(14)16/h6-7,10H,2-5,8-9,17-18H2,1H3. The monoisotopic (exact) mass is 304 g/mol. The van der Waals surface area contributed by atoms with E-state index in [4.69, 9.17) is 39.4 Å². The lowest BCUT2D eigenvalue weighted by molar-refractivity contribution is 0.313. The van der Waals surface area contributed by atoms with Crippen LogP contribution >= 0.6 is 23.2 Å². The molecule has 0 atom stereocenters. The molecule has 0 aliphatic carbocycles. The van der Waals surface area contributed by atoms with Crippen LogP contribution in [0.3, 0.4) is 0 Å². The first-order valence-electron chi connectivity index (χ1n) is 6.63. The molecule has 108 valence electrons. The van der Waals surface area contributed by atoms with Crippen molar-refractivity contribution in [2.75, 3.05) is 19.7 Å². The fraction of sp³-hybridized carbons (Fsp3) is 0.571. The minimum atomic E-state index is 0.316. The quantitative estimate of drug-likeness (QED) is 0.775. The Kier molecular flexibility index (Phi) is 7.54. The van der Waals surface area contributed by atoms with E-state index in [2.05, 4.69) is 6.92 Å². The molecule has 0 aromatic heterocycles. The number of hydrogen-bond donors (Lipinski definition) is 2. The number of halogens is 2. The predicted molar refractivity (Wildman–Crippen MR) is 82.2 cm³/mol. The normalized spacial score (nSPS) is 11.1. The average molecular weight is 305 g/mol. The molecule has 4 N–H and O–H groups in total. The highest BCUT2D eigenvalue weighted by Gasteiger charge is 2.13. The van der Waals surface area contributed by atoms with Gasteiger partial charge in [0.1, 0.15) is 5.75 Å². The van der Waals surface area contributed by atoms with Crippen molar-refractivity contribution in [3.05, 3.63) is 27.7 Å². The molecule has 3 nitrogen and oxygen atoms in total. The third kappa shape index (κ3) is 5.19. The van der Waals surface area contributed by atoms with Crippen LogP contribution in [0.4, 0.5) is 0 Å². The zero-order chi connectivity index (χ0) is 14.3. The summed E-state index contributed by atoms with van der Waals surface area (Å²) >= 11 is 12.2. The van der Waals surface area contributed by atoms with Crippen LogP contribution in [-0.4, -0.2) is 19.7 Å². The molecule has 19 heavy (non-hydrogen) atoms. The summed E-state index contributed by atoms with van der Waals surface area (Å²) in [5.74, 6) is 1.05. The van der Waals surface area contributed by atoms with Crippen LogP contribution < -0.4 is 16.2 Å². The number of aryl methyl sites for hydroxylation is 1. The second-order valence-electron chi connectivity index (χ2n) is 4.60. The molecule has 0 saturated carbocycles. The summed E-state index contributed by atoms with van der Waals surface area (Å²) in [6.07, 6.45) is 2.66. The Hall–Kier alpha value is -0.480. The third-order valence-corrected chi connectivity index (χ3v) is 3.52. The van der Waals surface area contributed by atoms with Gasteiger partial charge < -0.3 is 16.2 Å². The molecule has 0 aliphatic rings. The lowest BCUT2D eigenvalue weighted by Gasteiger charge is -2.16. The van der Waals surface area contributed by atoms with Crippen LogP contribution in [0.5, 0.6) is 5.75 Å². The fourth-order valence-electron chi connectivity index (χ4n) is 1.86. The van der Waals surface area contributed by atoms with E-state index < -0.39 is 0 Å². The Morgan fingerprint density at radius 3 is 2.47 bits per heavy atom. The lowest BCUT2D eigenvalue weighted by atomic mass is 9.99. The zero-order valence-electron chi connectivity index (χ0n) is 11.3. The molecule has 0 amide bonds. The first kappa shape index (κ1) is 16.6. The van der Waals surface area contributed by atoms with Crippen molar-refractivity contribution in [3.8, 4) is 5.75 Å². The van der Waals surface area contributed by atoms with E-state index in [1.165, 1.54) is 0 Å². The molecule has 5 heteroatoms. The van der Waals surface area contributed by atoms with Gasteiger partial charge in [0, 0.05) is 5.02 Å². The average Bonchev–Trinajstić information content (AvgIpc) is 2.38. The van der Waals surface area contributed by atoms with E-state index in [9.17, 15) is 0 Å². The third-order valence-electron chi connectivity index (χ3n) is 3.02. The van der Waals surface area contributed by atoms with Crippen molar-refractivity contribution in [2.24, 2.45) is 17.4 Å². The number of nitrogens with two attached hydrogens (primary N) is 2. The van der Waals surface area contributed by atoms with Gasteiger partial charge in [0.2, 0.25) is 0 Å². The maximum Gasteiger partial charge on any atom is 0.141 e. The van der Waals surface area contributed by atoms with Crippen molar-refractivity contribution in [3.63, 3.8) is 0 Å². The lowest BCUT2D eigenvalue weighted by Crippen LogP contribution is -2.23. The number of ether oxygens (including phenoxy) is 1. The molecule has 0 heterocycles. The van der Waals surface area contributed by atoms with Gasteiger partial charge in [0.25, 0.3) is 0 Å². The summed E-state index contributed by atoms with van der Waals surface area (Å²) in [6.45, 7) is 3.89. The van der Waals surface area contributed by atoms with Crippen LogP contribution in [0, 0.1) is 5.92 Å². The largest absolute Gasteiger partial charge is 0.492 e. The number of benzene rings is 1. The molecule has 1 aromatic rings. The molecule has 0 fully saturated rings. The minimum absolute atomic E-state index is 0.316. The van der Waals surface area contributed by atoms with Crippen LogP contribution in [0.2, 0.25) is 10.0 Å². The van der Waals surface area contributed by atoms with E-state index in [1.54, 1.807) is 6.07 Å². The van der Waals surface area contributed by atoms with Gasteiger partial charge >= 0.3 is 0 Å². The van der Waals surface area contributed by atoms with Crippen molar-refractivity contribution in [1.29, 1.82) is 0 Å². The van der Waals surface area contributed by atoms with Gasteiger partial charge in [-0.25, -0.2) is 0 Å². The van der Waals surface area contributed by atoms with Crippen LogP contribution in [0.25, 0.3) is 0 Å². The molecule has 0 spiro atoms. The molecule has 0 aliphatic heterocycles. The minimum Gasteiger partial charge on any atom is -0.492 e. The summed E-state index contributed by atoms with van der Waals surface area (Å²) in [5, 5.41) is 1.19. The predicted octanol–water partition coefficient (Wildman–Crippen LogP) is 3.25. The molecule has 1 aromatic carbocycles. The second kappa shape index (κ2) is 8.64. The Bertz CT molecular complexity index is 395. The van der Waals surface area contributed by atoms with Gasteiger partial charge in [-0.3, -0.25) is 0 Å². The van der Waals surface area contributed by atoms with E-state index in [0.29, 0.717) is 35.7 Å². The van der Waals surface area contributed by atoms with Crippen molar-refractivity contribution < 1.29 is 4.74 Å². The Morgan fingerprint density at radius 1 is 1.21 bits per heavy atom. The molecule has 0 radical (unpaired) electrons. The van der Waals surface area contributed by atoms with Gasteiger partial charge in [-0.15, -0.1) is 0 Å². The van der Waals surface area contributed by atoms with Crippen molar-refractivity contribution >= 4 is 23.2 Å². The highest BCUT2D eigenvalue weighted by Crippen LogP contribution is 2.33. The summed E-state index contributed by atoms with van der Waals surface area (Å²) in [4.78, 5) is 0. The van der Waals surface area contributed by atoms with E-state index in [1.807, 2.05) is 6.07 Å². The second-order valence-corrected chi connectivity index (χ2v) is 5.44. The zero-order valence-corrected chi connectivity index (χ0v) is 12.8. The topological polar surface area (TPSA) is 61.3 Å². The first-order chi connectivity index (χ1) is 9.12. The van der Waals surface area contributed by atoms with E-state index >= 15 is 0 Å². The Morgan fingerprint density at radius 2 is 1.89 bits per heavy atom. The molecule has 1 rings (SSSR count). The van der Waals surface area contributed by atoms with Gasteiger partial charge in [0.05, 0.1) is 11.6 Å². The summed E-state index contributed by atoms with van der Waals surface area (Å²) in [7, 11) is 0. The highest BCUT2D eigenvalue weighted by molar-refractivity contribution is 6.35. The van der Waals surface area contributed by atoms with Gasteiger partial charge in [-0.2, -0.15) is 0 Å². The van der Waals surface area contributed by atoms with Gasteiger partial charge in [0.15, 0.2) is 0 Å². The highest BCUT2D eigenvalue weighted by atomic mass is 35.5. The smallest absolute Gasteiger partial charge is 0.141 e. The summed E-state index contributed by atoms with van der Waals surface area (Å²) in [6, 6.07) is 3.61. The number of rotatable bonds is 8. The van der Waals surface area contributed by atoms with Crippen LogP contribution in [0.15, 0.2) is 12.1 Å². The van der Waals surface area contributed by atoms with E-state index in [-0.39, 0.29) is 0 Å². The first-order valence-corrected chi connectivity index (χ1v) is 7.38.